The van der Waals surface area contributed by atoms with Gasteiger partial charge in [-0.3, -0.25) is 10.1 Å². The first-order valence-electron chi connectivity index (χ1n) is 10.9. The van der Waals surface area contributed by atoms with Gasteiger partial charge in [0.05, 0.1) is 22.5 Å². The number of benzene rings is 2. The molecule has 0 bridgehead atoms. The lowest BCUT2D eigenvalue weighted by Crippen LogP contribution is -2.54. The number of nitrogens with zero attached hydrogens (tertiary/aromatic N) is 1. The van der Waals surface area contributed by atoms with Gasteiger partial charge in [0.15, 0.2) is 19.7 Å². The number of alkyl halides is 3. The highest BCUT2D eigenvalue weighted by molar-refractivity contribution is 7.91. The largest absolute Gasteiger partial charge is 0.407 e. The maximum atomic E-state index is 14.0. The predicted octanol–water partition coefficient (Wildman–Crippen LogP) is 2.58. The highest BCUT2D eigenvalue weighted by Crippen LogP contribution is 2.36. The van der Waals surface area contributed by atoms with Crippen LogP contribution in [0.25, 0.3) is 0 Å². The molecule has 0 spiro atoms. The molecule has 0 radical (unpaired) electrons. The zero-order chi connectivity index (χ0) is 27.6. The quantitative estimate of drug-likeness (QED) is 0.426. The third kappa shape index (κ3) is 7.50. The van der Waals surface area contributed by atoms with E-state index in [4.69, 9.17) is 0 Å². The molecule has 200 valence electrons. The fraction of sp³-hybridized carbons (Fsp3) is 0.391. The summed E-state index contributed by atoms with van der Waals surface area (Å²) in [5, 5.41) is 13.6. The van der Waals surface area contributed by atoms with Crippen LogP contribution in [-0.4, -0.2) is 52.5 Å². The van der Waals surface area contributed by atoms with Gasteiger partial charge < -0.3 is 5.32 Å². The van der Waals surface area contributed by atoms with Crippen LogP contribution in [0.1, 0.15) is 30.0 Å². The Kier molecular flexibility index (Phi) is 8.02. The lowest BCUT2D eigenvalue weighted by molar-refractivity contribution is -0.160. The summed E-state index contributed by atoms with van der Waals surface area (Å²) in [6.07, 6.45) is -3.63. The minimum atomic E-state index is -5.00. The van der Waals surface area contributed by atoms with E-state index in [-0.39, 0.29) is 23.3 Å². The van der Waals surface area contributed by atoms with E-state index in [1.54, 1.807) is 0 Å². The van der Waals surface area contributed by atoms with Crippen molar-refractivity contribution < 1.29 is 39.2 Å². The molecule has 8 nitrogen and oxygen atoms in total. The number of hydrogen-bond donors (Lipinski definition) is 2. The first kappa shape index (κ1) is 28.5. The molecular weight excluding hydrogens is 538 g/mol. The summed E-state index contributed by atoms with van der Waals surface area (Å²) in [5.41, 5.74) is -1.87. The molecule has 2 aromatic rings. The Morgan fingerprint density at radius 1 is 1.08 bits per heavy atom. The van der Waals surface area contributed by atoms with Crippen LogP contribution in [0.3, 0.4) is 0 Å². The summed E-state index contributed by atoms with van der Waals surface area (Å²) in [5.74, 6) is -3.93. The average molecular weight is 562 g/mol. The third-order valence-electron chi connectivity index (χ3n) is 5.71. The highest BCUT2D eigenvalue weighted by atomic mass is 32.2. The molecule has 2 N–H and O–H groups in total. The van der Waals surface area contributed by atoms with Crippen molar-refractivity contribution in [1.82, 2.24) is 10.6 Å². The van der Waals surface area contributed by atoms with Crippen LogP contribution >= 0.6 is 0 Å². The number of sulfone groups is 2. The highest BCUT2D eigenvalue weighted by Gasteiger charge is 2.48. The summed E-state index contributed by atoms with van der Waals surface area (Å²) in [6, 6.07) is 5.85. The Bertz CT molecular complexity index is 1420. The van der Waals surface area contributed by atoms with Gasteiger partial charge in [-0.15, -0.1) is 0 Å². The van der Waals surface area contributed by atoms with Gasteiger partial charge in [0, 0.05) is 6.26 Å². The topological polar surface area (TPSA) is 133 Å². The van der Waals surface area contributed by atoms with Crippen LogP contribution in [0.2, 0.25) is 0 Å². The van der Waals surface area contributed by atoms with Crippen molar-refractivity contribution in [2.24, 2.45) is 0 Å². The average Bonchev–Trinajstić information content (AvgIpc) is 3.55. The molecule has 37 heavy (non-hydrogen) atoms. The normalized spacial score (nSPS) is 16.9. The molecule has 14 heteroatoms. The molecular formula is C23H23F4N3O5S2. The van der Waals surface area contributed by atoms with Gasteiger partial charge in [-0.05, 0) is 42.2 Å². The monoisotopic (exact) mass is 561 g/mol. The molecule has 0 unspecified atom stereocenters. The minimum absolute atomic E-state index is 0.106. The first-order valence-corrected chi connectivity index (χ1v) is 14.6. The summed E-state index contributed by atoms with van der Waals surface area (Å²) in [4.78, 5) is 12.7. The summed E-state index contributed by atoms with van der Waals surface area (Å²) in [7, 11) is -8.20. The Hall–Kier alpha value is -3.02. The maximum absolute atomic E-state index is 14.0. The molecule has 1 aliphatic rings. The molecule has 3 rings (SSSR count). The van der Waals surface area contributed by atoms with Crippen molar-refractivity contribution in [2.75, 3.05) is 12.0 Å². The Labute approximate surface area is 211 Å². The first-order chi connectivity index (χ1) is 17.1. The molecule has 0 aromatic heterocycles. The summed E-state index contributed by atoms with van der Waals surface area (Å²) < 4.78 is 105. The van der Waals surface area contributed by atoms with Gasteiger partial charge in [0.25, 0.3) is 0 Å². The number of rotatable bonds is 10. The van der Waals surface area contributed by atoms with Gasteiger partial charge in [-0.25, -0.2) is 21.2 Å². The van der Waals surface area contributed by atoms with Crippen LogP contribution in [-0.2, 0) is 30.2 Å². The van der Waals surface area contributed by atoms with Crippen LogP contribution in [0.4, 0.5) is 17.6 Å². The van der Waals surface area contributed by atoms with Crippen LogP contribution in [0.15, 0.2) is 53.4 Å². The van der Waals surface area contributed by atoms with Crippen LogP contribution in [0.5, 0.6) is 0 Å². The van der Waals surface area contributed by atoms with E-state index < -0.39 is 72.3 Å². The van der Waals surface area contributed by atoms with E-state index in [1.807, 2.05) is 11.4 Å². The van der Waals surface area contributed by atoms with E-state index in [2.05, 4.69) is 5.32 Å². The van der Waals surface area contributed by atoms with Gasteiger partial charge in [0.1, 0.15) is 23.4 Å². The van der Waals surface area contributed by atoms with Gasteiger partial charge in [0.2, 0.25) is 5.91 Å². The second-order valence-electron chi connectivity index (χ2n) is 8.86. The van der Waals surface area contributed by atoms with Gasteiger partial charge in [-0.2, -0.15) is 18.4 Å². The summed E-state index contributed by atoms with van der Waals surface area (Å²) >= 11 is 0. The Balaban J connectivity index is 1.95. The molecule has 2 aromatic carbocycles. The molecule has 0 heterocycles. The van der Waals surface area contributed by atoms with E-state index in [1.165, 1.54) is 24.3 Å². The molecule has 0 saturated heterocycles. The van der Waals surface area contributed by atoms with Crippen LogP contribution < -0.4 is 10.6 Å². The van der Waals surface area contributed by atoms with Crippen molar-refractivity contribution >= 4 is 25.6 Å². The molecule has 1 aliphatic carbocycles. The fourth-order valence-electron chi connectivity index (χ4n) is 3.68. The number of hydrogen-bond acceptors (Lipinski definition) is 7. The number of carbonyl (C=O) groups is 1. The lowest BCUT2D eigenvalue weighted by Gasteiger charge is -2.28. The van der Waals surface area contributed by atoms with E-state index in [0.29, 0.717) is 0 Å². The van der Waals surface area contributed by atoms with E-state index in [9.17, 15) is 44.5 Å². The van der Waals surface area contributed by atoms with E-state index >= 15 is 0 Å². The van der Waals surface area contributed by atoms with Gasteiger partial charge in [-0.1, -0.05) is 30.3 Å². The molecule has 1 fully saturated rings. The van der Waals surface area contributed by atoms with Crippen LogP contribution in [0, 0.1) is 17.1 Å². The summed E-state index contributed by atoms with van der Waals surface area (Å²) in [6.45, 7) is 0. The number of carbonyl (C=O) groups excluding carboxylic acids is 1. The lowest BCUT2D eigenvalue weighted by atomic mass is 10.0. The minimum Gasteiger partial charge on any atom is -0.336 e. The number of amides is 1. The number of halogens is 4. The molecule has 1 amide bonds. The maximum Gasteiger partial charge on any atom is 0.407 e. The smallest absolute Gasteiger partial charge is 0.336 e. The van der Waals surface area contributed by atoms with Crippen molar-refractivity contribution in [3.05, 3.63) is 65.5 Å². The van der Waals surface area contributed by atoms with E-state index in [0.717, 1.165) is 30.5 Å². The Morgan fingerprint density at radius 2 is 1.68 bits per heavy atom. The standard InChI is InChI=1S/C23H23F4N3O5S2/c1-36(32,33)19-5-3-2-4-16(19)12-37(34,35)13-18(21(31)30-22(14-28)10-11-22)29-20(23(25,26)27)15-6-8-17(24)9-7-15/h2-9,18,20,29H,10-13H2,1H3,(H,30,31)/t18-,20-/m0/s1. The predicted molar refractivity (Wildman–Crippen MR) is 125 cm³/mol. The zero-order valence-corrected chi connectivity index (χ0v) is 21.1. The third-order valence-corrected chi connectivity index (χ3v) is 8.50. The second-order valence-corrected chi connectivity index (χ2v) is 13.0. The second kappa shape index (κ2) is 10.4. The molecule has 2 atom stereocenters. The van der Waals surface area contributed by atoms with Crippen molar-refractivity contribution in [1.29, 1.82) is 5.26 Å². The molecule has 0 aliphatic heterocycles. The SMILES string of the molecule is CS(=O)(=O)c1ccccc1CS(=O)(=O)C[C@H](N[C@@H](c1ccc(F)cc1)C(F)(F)F)C(=O)NC1(C#N)CC1. The number of nitrogens with one attached hydrogen (secondary N) is 2. The fourth-order valence-corrected chi connectivity index (χ4v) is 6.32. The van der Waals surface area contributed by atoms with Crippen molar-refractivity contribution in [2.45, 2.75) is 47.3 Å². The molecule has 1 saturated carbocycles. The zero-order valence-electron chi connectivity index (χ0n) is 19.4. The van der Waals surface area contributed by atoms with Crippen molar-refractivity contribution in [3.8, 4) is 6.07 Å². The van der Waals surface area contributed by atoms with Crippen molar-refractivity contribution in [3.63, 3.8) is 0 Å². The number of nitriles is 1. The van der Waals surface area contributed by atoms with Gasteiger partial charge >= 0.3 is 6.18 Å². The Morgan fingerprint density at radius 3 is 2.19 bits per heavy atom.